The SMILES string of the molecule is O=C(O)C1(CC(F)(F)F)C=CNN1. The number of hydrogen-bond acceptors (Lipinski definition) is 3. The van der Waals surface area contributed by atoms with Crippen molar-refractivity contribution in [1.82, 2.24) is 10.9 Å². The zero-order valence-electron chi connectivity index (χ0n) is 6.35. The molecule has 0 aliphatic carbocycles. The molecule has 1 aliphatic heterocycles. The van der Waals surface area contributed by atoms with Gasteiger partial charge in [-0.25, -0.2) is 10.2 Å². The van der Waals surface area contributed by atoms with E-state index in [-0.39, 0.29) is 0 Å². The number of alkyl halides is 3. The zero-order valence-corrected chi connectivity index (χ0v) is 6.35. The molecule has 1 unspecified atom stereocenters. The molecule has 0 spiro atoms. The second kappa shape index (κ2) is 2.91. The van der Waals surface area contributed by atoms with Gasteiger partial charge < -0.3 is 10.5 Å². The first-order chi connectivity index (χ1) is 5.86. The number of halogens is 3. The Balaban J connectivity index is 2.81. The standard InChI is InChI=1S/C6H7F3N2O2/c7-6(8,9)3-5(4(12)13)1-2-10-11-5/h1-2,10-11H,3H2,(H,12,13). The monoisotopic (exact) mass is 196 g/mol. The lowest BCUT2D eigenvalue weighted by Crippen LogP contribution is -2.53. The first-order valence-corrected chi connectivity index (χ1v) is 3.36. The summed E-state index contributed by atoms with van der Waals surface area (Å²) in [7, 11) is 0. The van der Waals surface area contributed by atoms with Crippen LogP contribution in [0.1, 0.15) is 6.42 Å². The maximum atomic E-state index is 11.9. The van der Waals surface area contributed by atoms with Crippen LogP contribution in [0.5, 0.6) is 0 Å². The molecule has 4 nitrogen and oxygen atoms in total. The number of nitrogens with one attached hydrogen (secondary N) is 2. The second-order valence-electron chi connectivity index (χ2n) is 2.67. The molecule has 0 bridgehead atoms. The summed E-state index contributed by atoms with van der Waals surface area (Å²) in [6.07, 6.45) is -3.91. The second-order valence-corrected chi connectivity index (χ2v) is 2.67. The summed E-state index contributed by atoms with van der Waals surface area (Å²) in [5, 5.41) is 8.57. The number of hydrazine groups is 1. The molecule has 3 N–H and O–H groups in total. The van der Waals surface area contributed by atoms with Gasteiger partial charge in [-0.2, -0.15) is 13.2 Å². The van der Waals surface area contributed by atoms with E-state index in [1.165, 1.54) is 0 Å². The predicted octanol–water partition coefficient (Wildman–Crippen LogP) is 0.384. The lowest BCUT2D eigenvalue weighted by molar-refractivity contribution is -0.165. The van der Waals surface area contributed by atoms with Gasteiger partial charge in [0.25, 0.3) is 0 Å². The quantitative estimate of drug-likeness (QED) is 0.597. The van der Waals surface area contributed by atoms with Crippen LogP contribution >= 0.6 is 0 Å². The molecule has 7 heteroatoms. The van der Waals surface area contributed by atoms with E-state index in [4.69, 9.17) is 5.11 Å². The van der Waals surface area contributed by atoms with Gasteiger partial charge in [0.15, 0.2) is 5.54 Å². The molecule has 1 heterocycles. The molecule has 0 saturated carbocycles. The smallest absolute Gasteiger partial charge is 0.391 e. The summed E-state index contributed by atoms with van der Waals surface area (Å²) in [5.74, 6) is -1.56. The molecule has 0 aromatic heterocycles. The van der Waals surface area contributed by atoms with E-state index >= 15 is 0 Å². The molecular weight excluding hydrogens is 189 g/mol. The molecule has 0 aromatic rings. The summed E-state index contributed by atoms with van der Waals surface area (Å²) >= 11 is 0. The molecule has 1 rings (SSSR count). The van der Waals surface area contributed by atoms with Crippen LogP contribution in [0.15, 0.2) is 12.3 Å². The summed E-state index contributed by atoms with van der Waals surface area (Å²) in [6.45, 7) is 0. The number of carbonyl (C=O) groups is 1. The fourth-order valence-corrected chi connectivity index (χ4v) is 1.02. The third-order valence-corrected chi connectivity index (χ3v) is 1.61. The predicted molar refractivity (Wildman–Crippen MR) is 36.5 cm³/mol. The highest BCUT2D eigenvalue weighted by Crippen LogP contribution is 2.29. The van der Waals surface area contributed by atoms with E-state index in [2.05, 4.69) is 5.43 Å². The first-order valence-electron chi connectivity index (χ1n) is 3.36. The van der Waals surface area contributed by atoms with E-state index in [1.54, 1.807) is 0 Å². The highest BCUT2D eigenvalue weighted by atomic mass is 19.4. The number of hydrogen-bond donors (Lipinski definition) is 3. The summed E-state index contributed by atoms with van der Waals surface area (Å²) in [6, 6.07) is 0. The maximum absolute atomic E-state index is 11.9. The first kappa shape index (κ1) is 9.85. The third kappa shape index (κ3) is 2.11. The van der Waals surface area contributed by atoms with E-state index in [0.29, 0.717) is 0 Å². The largest absolute Gasteiger partial charge is 0.480 e. The fourth-order valence-electron chi connectivity index (χ4n) is 1.02. The van der Waals surface area contributed by atoms with Crippen molar-refractivity contribution in [3.8, 4) is 0 Å². The van der Waals surface area contributed by atoms with Gasteiger partial charge in [-0.3, -0.25) is 0 Å². The Bertz CT molecular complexity index is 251. The minimum absolute atomic E-state index is 0.933. The Morgan fingerprint density at radius 2 is 2.15 bits per heavy atom. The van der Waals surface area contributed by atoms with Crippen molar-refractivity contribution in [3.05, 3.63) is 12.3 Å². The third-order valence-electron chi connectivity index (χ3n) is 1.61. The molecule has 0 fully saturated rings. The van der Waals surface area contributed by atoms with Crippen molar-refractivity contribution in [2.24, 2.45) is 0 Å². The van der Waals surface area contributed by atoms with Gasteiger partial charge in [0.05, 0.1) is 6.42 Å². The maximum Gasteiger partial charge on any atom is 0.391 e. The fraction of sp³-hybridized carbons (Fsp3) is 0.500. The van der Waals surface area contributed by atoms with Crippen LogP contribution in [0.4, 0.5) is 13.2 Å². The van der Waals surface area contributed by atoms with Crippen LogP contribution < -0.4 is 10.9 Å². The average Bonchev–Trinajstić information content (AvgIpc) is 2.33. The topological polar surface area (TPSA) is 61.4 Å². The molecule has 74 valence electrons. The van der Waals surface area contributed by atoms with Crippen molar-refractivity contribution < 1.29 is 23.1 Å². The van der Waals surface area contributed by atoms with Crippen molar-refractivity contribution in [2.45, 2.75) is 18.1 Å². The summed E-state index contributed by atoms with van der Waals surface area (Å²) in [4.78, 5) is 10.5. The zero-order chi connectivity index (χ0) is 10.1. The van der Waals surface area contributed by atoms with Crippen LogP contribution in [0.2, 0.25) is 0 Å². The van der Waals surface area contributed by atoms with E-state index < -0.39 is 24.1 Å². The van der Waals surface area contributed by atoms with Crippen LogP contribution in [0.25, 0.3) is 0 Å². The molecule has 0 radical (unpaired) electrons. The summed E-state index contributed by atoms with van der Waals surface area (Å²) < 4.78 is 35.8. The summed E-state index contributed by atoms with van der Waals surface area (Å²) in [5.41, 5.74) is 2.18. The Labute approximate surface area is 71.4 Å². The van der Waals surface area contributed by atoms with Crippen molar-refractivity contribution >= 4 is 5.97 Å². The van der Waals surface area contributed by atoms with E-state index in [0.717, 1.165) is 12.3 Å². The van der Waals surface area contributed by atoms with Crippen molar-refractivity contribution in [1.29, 1.82) is 0 Å². The van der Waals surface area contributed by atoms with Gasteiger partial charge in [0.2, 0.25) is 0 Å². The van der Waals surface area contributed by atoms with Gasteiger partial charge >= 0.3 is 12.1 Å². The van der Waals surface area contributed by atoms with Gasteiger partial charge in [-0.05, 0) is 6.08 Å². The molecule has 0 aromatic carbocycles. The van der Waals surface area contributed by atoms with Gasteiger partial charge in [-0.1, -0.05) is 0 Å². The van der Waals surface area contributed by atoms with Gasteiger partial charge in [-0.15, -0.1) is 0 Å². The molecular formula is C6H7F3N2O2. The van der Waals surface area contributed by atoms with Crippen LogP contribution in [0.3, 0.4) is 0 Å². The van der Waals surface area contributed by atoms with Gasteiger partial charge in [0.1, 0.15) is 0 Å². The Kier molecular flexibility index (Phi) is 2.21. The van der Waals surface area contributed by atoms with Crippen LogP contribution in [-0.2, 0) is 4.79 Å². The number of rotatable bonds is 2. The minimum atomic E-state index is -4.53. The lowest BCUT2D eigenvalue weighted by Gasteiger charge is -2.23. The van der Waals surface area contributed by atoms with Gasteiger partial charge in [0, 0.05) is 6.20 Å². The van der Waals surface area contributed by atoms with Crippen molar-refractivity contribution in [2.75, 3.05) is 0 Å². The lowest BCUT2D eigenvalue weighted by atomic mass is 9.97. The van der Waals surface area contributed by atoms with Crippen LogP contribution in [-0.4, -0.2) is 22.8 Å². The van der Waals surface area contributed by atoms with E-state index in [1.807, 2.05) is 5.43 Å². The minimum Gasteiger partial charge on any atom is -0.480 e. The highest BCUT2D eigenvalue weighted by molar-refractivity contribution is 5.82. The molecule has 1 atom stereocenters. The molecule has 0 saturated heterocycles. The molecule has 0 amide bonds. The average molecular weight is 196 g/mol. The van der Waals surface area contributed by atoms with Crippen LogP contribution in [0, 0.1) is 0 Å². The Hall–Kier alpha value is -1.24. The number of carboxylic acid groups (broad SMARTS) is 1. The number of carboxylic acids is 1. The normalized spacial score (nSPS) is 27.3. The number of aliphatic carboxylic acids is 1. The Morgan fingerprint density at radius 3 is 2.46 bits per heavy atom. The van der Waals surface area contributed by atoms with E-state index in [9.17, 15) is 18.0 Å². The highest BCUT2D eigenvalue weighted by Gasteiger charge is 2.47. The van der Waals surface area contributed by atoms with Crippen molar-refractivity contribution in [3.63, 3.8) is 0 Å². The Morgan fingerprint density at radius 1 is 1.54 bits per heavy atom. The molecule has 1 aliphatic rings. The molecule has 13 heavy (non-hydrogen) atoms.